The summed E-state index contributed by atoms with van der Waals surface area (Å²) in [6.07, 6.45) is 1.14. The van der Waals surface area contributed by atoms with Gasteiger partial charge < -0.3 is 52.7 Å². The fourth-order valence-electron chi connectivity index (χ4n) is 2.56. The van der Waals surface area contributed by atoms with E-state index in [1.807, 2.05) is 7.05 Å². The third-order valence-electron chi connectivity index (χ3n) is 4.94. The summed E-state index contributed by atoms with van der Waals surface area (Å²) in [6.45, 7) is 16.7. The fraction of sp³-hybridized carbons (Fsp3) is 1.00. The van der Waals surface area contributed by atoms with Crippen LogP contribution in [0.5, 0.6) is 0 Å². The Morgan fingerprint density at radius 2 is 0.649 bits per heavy atom. The monoisotopic (exact) mass is 541 g/mol. The molecular weight excluding hydrogens is 486 g/mol. The van der Waals surface area contributed by atoms with Gasteiger partial charge in [0.25, 0.3) is 0 Å². The van der Waals surface area contributed by atoms with Crippen molar-refractivity contribution in [2.75, 3.05) is 146 Å². The van der Waals surface area contributed by atoms with Crippen LogP contribution >= 0.6 is 0 Å². The van der Waals surface area contributed by atoms with E-state index >= 15 is 0 Å². The Labute approximate surface area is 225 Å². The molecule has 0 aliphatic carbocycles. The summed E-state index contributed by atoms with van der Waals surface area (Å²) >= 11 is 0. The lowest BCUT2D eigenvalue weighted by Gasteiger charge is -2.10. The van der Waals surface area contributed by atoms with E-state index in [1.54, 1.807) is 0 Å². The van der Waals surface area contributed by atoms with Gasteiger partial charge >= 0.3 is 0 Å². The molecule has 1 N–H and O–H groups in total. The first kappa shape index (κ1) is 36.6. The SMILES string of the molecule is CCC(C)COCCOCCOCCOCCOCCOCCOCCOCCOCCOCCNC. The largest absolute Gasteiger partial charge is 0.379 e. The summed E-state index contributed by atoms with van der Waals surface area (Å²) in [4.78, 5) is 0. The molecule has 0 aromatic heterocycles. The van der Waals surface area contributed by atoms with E-state index in [1.165, 1.54) is 0 Å². The van der Waals surface area contributed by atoms with Gasteiger partial charge in [-0.3, -0.25) is 0 Å². The number of hydrogen-bond donors (Lipinski definition) is 1. The highest BCUT2D eigenvalue weighted by Crippen LogP contribution is 1.99. The second-order valence-corrected chi connectivity index (χ2v) is 8.20. The Bertz CT molecular complexity index is 410. The molecular formula is C26H55NO10. The molecule has 0 aliphatic rings. The Morgan fingerprint density at radius 1 is 0.405 bits per heavy atom. The molecule has 0 radical (unpaired) electrons. The van der Waals surface area contributed by atoms with Gasteiger partial charge in [-0.05, 0) is 13.0 Å². The van der Waals surface area contributed by atoms with Crippen molar-refractivity contribution in [3.05, 3.63) is 0 Å². The molecule has 37 heavy (non-hydrogen) atoms. The minimum absolute atomic E-state index is 0.529. The Balaban J connectivity index is 3.02. The van der Waals surface area contributed by atoms with E-state index in [0.29, 0.717) is 131 Å². The highest BCUT2D eigenvalue weighted by molar-refractivity contribution is 4.46. The molecule has 0 spiro atoms. The first-order valence-corrected chi connectivity index (χ1v) is 13.7. The van der Waals surface area contributed by atoms with E-state index in [2.05, 4.69) is 19.2 Å². The summed E-state index contributed by atoms with van der Waals surface area (Å²) in [5.41, 5.74) is 0. The molecule has 224 valence electrons. The van der Waals surface area contributed by atoms with Gasteiger partial charge in [0.05, 0.1) is 126 Å². The zero-order valence-corrected chi connectivity index (χ0v) is 23.7. The lowest BCUT2D eigenvalue weighted by molar-refractivity contribution is -0.0267. The van der Waals surface area contributed by atoms with Crippen LogP contribution in [-0.4, -0.2) is 146 Å². The molecule has 11 nitrogen and oxygen atoms in total. The van der Waals surface area contributed by atoms with Gasteiger partial charge in [-0.2, -0.15) is 0 Å². The minimum atomic E-state index is 0.529. The molecule has 0 aliphatic heterocycles. The normalized spacial score (nSPS) is 12.4. The van der Waals surface area contributed by atoms with Crippen molar-refractivity contribution >= 4 is 0 Å². The maximum absolute atomic E-state index is 5.53. The van der Waals surface area contributed by atoms with Crippen molar-refractivity contribution in [3.8, 4) is 0 Å². The van der Waals surface area contributed by atoms with Gasteiger partial charge in [0.1, 0.15) is 0 Å². The molecule has 0 heterocycles. The smallest absolute Gasteiger partial charge is 0.0701 e. The number of nitrogens with one attached hydrogen (secondary N) is 1. The maximum atomic E-state index is 5.53. The lowest BCUT2D eigenvalue weighted by atomic mass is 10.1. The van der Waals surface area contributed by atoms with Gasteiger partial charge in [-0.15, -0.1) is 0 Å². The second kappa shape index (κ2) is 33.6. The van der Waals surface area contributed by atoms with E-state index in [4.69, 9.17) is 47.4 Å². The molecule has 11 heteroatoms. The van der Waals surface area contributed by atoms with Crippen molar-refractivity contribution in [1.29, 1.82) is 0 Å². The standard InChI is InChI=1S/C26H55NO10/c1-4-26(2)25-37-24-23-36-22-21-35-20-19-34-18-17-33-16-15-32-14-13-31-12-11-30-10-9-29-8-7-28-6-5-27-3/h26-27H,4-25H2,1-3H3. The predicted octanol–water partition coefficient (Wildman–Crippen LogP) is 1.42. The van der Waals surface area contributed by atoms with Crippen molar-refractivity contribution < 1.29 is 47.4 Å². The Morgan fingerprint density at radius 3 is 0.892 bits per heavy atom. The topological polar surface area (TPSA) is 104 Å². The summed E-state index contributed by atoms with van der Waals surface area (Å²) in [7, 11) is 1.90. The summed E-state index contributed by atoms with van der Waals surface area (Å²) in [5, 5.41) is 3.02. The fourth-order valence-corrected chi connectivity index (χ4v) is 2.56. The third-order valence-corrected chi connectivity index (χ3v) is 4.94. The van der Waals surface area contributed by atoms with Crippen LogP contribution in [0.25, 0.3) is 0 Å². The van der Waals surface area contributed by atoms with E-state index < -0.39 is 0 Å². The third kappa shape index (κ3) is 33.5. The lowest BCUT2D eigenvalue weighted by Crippen LogP contribution is -2.17. The van der Waals surface area contributed by atoms with Crippen LogP contribution in [0.1, 0.15) is 20.3 Å². The van der Waals surface area contributed by atoms with Crippen LogP contribution in [0.15, 0.2) is 0 Å². The van der Waals surface area contributed by atoms with Gasteiger partial charge in [0, 0.05) is 13.2 Å². The maximum Gasteiger partial charge on any atom is 0.0701 e. The summed E-state index contributed by atoms with van der Waals surface area (Å²) in [6, 6.07) is 0. The van der Waals surface area contributed by atoms with Gasteiger partial charge in [-0.1, -0.05) is 20.3 Å². The number of ether oxygens (including phenoxy) is 10. The molecule has 1 unspecified atom stereocenters. The molecule has 0 saturated heterocycles. The van der Waals surface area contributed by atoms with Gasteiger partial charge in [0.2, 0.25) is 0 Å². The van der Waals surface area contributed by atoms with E-state index in [0.717, 1.165) is 19.6 Å². The van der Waals surface area contributed by atoms with Crippen LogP contribution in [0.4, 0.5) is 0 Å². The van der Waals surface area contributed by atoms with Crippen molar-refractivity contribution in [2.45, 2.75) is 20.3 Å². The molecule has 0 aromatic rings. The first-order valence-electron chi connectivity index (χ1n) is 13.7. The highest BCUT2D eigenvalue weighted by Gasteiger charge is 1.98. The zero-order valence-electron chi connectivity index (χ0n) is 23.7. The minimum Gasteiger partial charge on any atom is -0.379 e. The average molecular weight is 542 g/mol. The number of hydrogen-bond acceptors (Lipinski definition) is 11. The number of likely N-dealkylation sites (N-methyl/N-ethyl adjacent to an activating group) is 1. The molecule has 1 atom stereocenters. The number of rotatable bonds is 33. The second-order valence-electron chi connectivity index (χ2n) is 8.20. The average Bonchev–Trinajstić information content (AvgIpc) is 2.91. The quantitative estimate of drug-likeness (QED) is 0.122. The van der Waals surface area contributed by atoms with Crippen LogP contribution in [0, 0.1) is 5.92 Å². The van der Waals surface area contributed by atoms with Crippen LogP contribution in [0.2, 0.25) is 0 Å². The zero-order chi connectivity index (χ0) is 26.9. The van der Waals surface area contributed by atoms with Crippen LogP contribution in [-0.2, 0) is 47.4 Å². The Hall–Kier alpha value is -0.440. The van der Waals surface area contributed by atoms with Gasteiger partial charge in [0.15, 0.2) is 0 Å². The van der Waals surface area contributed by atoms with Crippen molar-refractivity contribution in [1.82, 2.24) is 5.32 Å². The van der Waals surface area contributed by atoms with Crippen molar-refractivity contribution in [2.24, 2.45) is 5.92 Å². The highest BCUT2D eigenvalue weighted by atomic mass is 16.6. The van der Waals surface area contributed by atoms with E-state index in [-0.39, 0.29) is 0 Å². The molecule has 0 fully saturated rings. The first-order chi connectivity index (χ1) is 18.3. The van der Waals surface area contributed by atoms with Crippen molar-refractivity contribution in [3.63, 3.8) is 0 Å². The predicted molar refractivity (Wildman–Crippen MR) is 142 cm³/mol. The summed E-state index contributed by atoms with van der Waals surface area (Å²) in [5.74, 6) is 0.603. The van der Waals surface area contributed by atoms with Crippen LogP contribution in [0.3, 0.4) is 0 Å². The van der Waals surface area contributed by atoms with Crippen LogP contribution < -0.4 is 5.32 Å². The summed E-state index contributed by atoms with van der Waals surface area (Å²) < 4.78 is 54.5. The Kier molecular flexibility index (Phi) is 33.2. The molecule has 0 aromatic carbocycles. The molecule has 0 bridgehead atoms. The molecule has 0 rings (SSSR count). The molecule has 0 amide bonds. The molecule has 0 saturated carbocycles. The van der Waals surface area contributed by atoms with E-state index in [9.17, 15) is 0 Å². The van der Waals surface area contributed by atoms with Gasteiger partial charge in [-0.25, -0.2) is 0 Å².